The Bertz CT molecular complexity index is 869. The van der Waals surface area contributed by atoms with E-state index in [1.54, 1.807) is 0 Å². The Hall–Kier alpha value is -1.78. The topological polar surface area (TPSA) is 172 Å². The number of aliphatic carboxylic acids is 1. The minimum atomic E-state index is -4.70. The van der Waals surface area contributed by atoms with E-state index in [0.717, 1.165) is 44.9 Å². The number of nitrogens with two attached hydrogens (primary N) is 1. The summed E-state index contributed by atoms with van der Waals surface area (Å²) in [5.74, 6) is -2.40. The van der Waals surface area contributed by atoms with Gasteiger partial charge in [-0.05, 0) is 38.5 Å². The van der Waals surface area contributed by atoms with Crippen LogP contribution in [-0.4, -0.2) is 59.9 Å². The molecule has 276 valence electrons. The molecule has 0 spiro atoms. The molecule has 0 aromatic heterocycles. The molecule has 0 heterocycles. The number of hydrogen-bond acceptors (Lipinski definition) is 9. The standard InChI is InChI=1S/C35H66NO10P/c1-3-5-7-9-11-13-14-15-16-17-18-19-21-22-24-26-33(37)43-28-31(29-44-47(41,42)45-30-32(36)35(39)40)46-34(38)27-25-23-20-12-10-8-6-4-2/h17-18,31-32H,3-16,19-30,36H2,1-2H3,(H,39,40)(H,41,42)/b18-17+/t31-,32+/m0/s1. The van der Waals surface area contributed by atoms with Crippen molar-refractivity contribution in [2.45, 2.75) is 174 Å². The van der Waals surface area contributed by atoms with E-state index < -0.39 is 51.1 Å². The first-order valence-electron chi connectivity index (χ1n) is 18.2. The summed E-state index contributed by atoms with van der Waals surface area (Å²) in [6, 6.07) is -1.52. The fraction of sp³-hybridized carbons (Fsp3) is 0.857. The fourth-order valence-electron chi connectivity index (χ4n) is 4.82. The van der Waals surface area contributed by atoms with Crippen LogP contribution in [0.15, 0.2) is 12.2 Å². The zero-order valence-electron chi connectivity index (χ0n) is 29.4. The number of ether oxygens (including phenoxy) is 2. The third-order valence-corrected chi connectivity index (χ3v) is 8.71. The molecule has 11 nitrogen and oxygen atoms in total. The van der Waals surface area contributed by atoms with Gasteiger partial charge in [0.25, 0.3) is 0 Å². The minimum Gasteiger partial charge on any atom is -0.480 e. The second-order valence-electron chi connectivity index (χ2n) is 12.4. The van der Waals surface area contributed by atoms with Crippen molar-refractivity contribution in [3.63, 3.8) is 0 Å². The van der Waals surface area contributed by atoms with Crippen molar-refractivity contribution in [3.8, 4) is 0 Å². The van der Waals surface area contributed by atoms with Gasteiger partial charge in [0.2, 0.25) is 0 Å². The second-order valence-corrected chi connectivity index (χ2v) is 13.8. The summed E-state index contributed by atoms with van der Waals surface area (Å²) in [7, 11) is -4.70. The number of unbranched alkanes of at least 4 members (excludes halogenated alkanes) is 18. The van der Waals surface area contributed by atoms with Crippen molar-refractivity contribution in [2.75, 3.05) is 19.8 Å². The Balaban J connectivity index is 4.41. The average molecular weight is 692 g/mol. The first-order chi connectivity index (χ1) is 22.6. The highest BCUT2D eigenvalue weighted by atomic mass is 31.2. The molecule has 0 aliphatic carbocycles. The van der Waals surface area contributed by atoms with Crippen LogP contribution in [0.3, 0.4) is 0 Å². The van der Waals surface area contributed by atoms with E-state index in [0.29, 0.717) is 12.8 Å². The third kappa shape index (κ3) is 31.3. The lowest BCUT2D eigenvalue weighted by Gasteiger charge is -2.20. The van der Waals surface area contributed by atoms with E-state index in [2.05, 4.69) is 30.5 Å². The summed E-state index contributed by atoms with van der Waals surface area (Å²) in [5, 5.41) is 8.83. The highest BCUT2D eigenvalue weighted by Crippen LogP contribution is 2.43. The van der Waals surface area contributed by atoms with E-state index in [-0.39, 0.29) is 19.4 Å². The molecule has 0 fully saturated rings. The molecule has 0 rings (SSSR count). The van der Waals surface area contributed by atoms with Crippen LogP contribution in [0.2, 0.25) is 0 Å². The van der Waals surface area contributed by atoms with Gasteiger partial charge < -0.3 is 25.2 Å². The predicted octanol–water partition coefficient (Wildman–Crippen LogP) is 8.56. The largest absolute Gasteiger partial charge is 0.480 e. The minimum absolute atomic E-state index is 0.160. The molecule has 0 saturated heterocycles. The number of rotatable bonds is 34. The smallest absolute Gasteiger partial charge is 0.472 e. The van der Waals surface area contributed by atoms with Gasteiger partial charge in [-0.2, -0.15) is 0 Å². The summed E-state index contributed by atoms with van der Waals surface area (Å²) in [6.07, 6.45) is 27.3. The highest BCUT2D eigenvalue weighted by Gasteiger charge is 2.28. The molecular formula is C35H66NO10P. The molecule has 1 unspecified atom stereocenters. The van der Waals surface area contributed by atoms with E-state index in [1.807, 2.05) is 0 Å². The Morgan fingerprint density at radius 3 is 1.57 bits per heavy atom. The van der Waals surface area contributed by atoms with Crippen LogP contribution in [0, 0.1) is 0 Å². The number of phosphoric acid groups is 1. The summed E-state index contributed by atoms with van der Waals surface area (Å²) >= 11 is 0. The molecule has 0 aromatic carbocycles. The zero-order valence-corrected chi connectivity index (χ0v) is 30.3. The molecule has 0 radical (unpaired) electrons. The summed E-state index contributed by atoms with van der Waals surface area (Å²) in [4.78, 5) is 45.5. The van der Waals surface area contributed by atoms with Crippen molar-refractivity contribution in [3.05, 3.63) is 12.2 Å². The normalized spacial score (nSPS) is 14.1. The van der Waals surface area contributed by atoms with Gasteiger partial charge in [-0.3, -0.25) is 23.4 Å². The summed E-state index contributed by atoms with van der Waals surface area (Å²) < 4.78 is 32.4. The van der Waals surface area contributed by atoms with Crippen molar-refractivity contribution >= 4 is 25.7 Å². The third-order valence-electron chi connectivity index (χ3n) is 7.76. The highest BCUT2D eigenvalue weighted by molar-refractivity contribution is 7.47. The first kappa shape index (κ1) is 45.2. The monoisotopic (exact) mass is 691 g/mol. The van der Waals surface area contributed by atoms with E-state index >= 15 is 0 Å². The molecule has 0 aliphatic rings. The molecular weight excluding hydrogens is 625 g/mol. The van der Waals surface area contributed by atoms with Crippen LogP contribution in [0.1, 0.15) is 162 Å². The second kappa shape index (κ2) is 31.5. The molecule has 0 aromatic rings. The first-order valence-corrected chi connectivity index (χ1v) is 19.7. The fourth-order valence-corrected chi connectivity index (χ4v) is 5.60. The van der Waals surface area contributed by atoms with Crippen LogP contribution in [0.4, 0.5) is 0 Å². The Kier molecular flexibility index (Phi) is 30.3. The van der Waals surface area contributed by atoms with Gasteiger partial charge in [0.05, 0.1) is 13.2 Å². The lowest BCUT2D eigenvalue weighted by Crippen LogP contribution is -2.34. The Labute approximate surface area is 284 Å². The van der Waals surface area contributed by atoms with E-state index in [4.69, 9.17) is 24.8 Å². The molecule has 47 heavy (non-hydrogen) atoms. The number of hydrogen-bond donors (Lipinski definition) is 3. The molecule has 0 amide bonds. The van der Waals surface area contributed by atoms with Crippen molar-refractivity contribution in [1.29, 1.82) is 0 Å². The van der Waals surface area contributed by atoms with Crippen molar-refractivity contribution in [1.82, 2.24) is 0 Å². The molecule has 0 bridgehead atoms. The van der Waals surface area contributed by atoms with E-state index in [9.17, 15) is 23.8 Å². The van der Waals surface area contributed by atoms with Crippen LogP contribution >= 0.6 is 7.82 Å². The number of phosphoric ester groups is 1. The SMILES string of the molecule is CCCCCCCCCC/C=C/CCCCCC(=O)OC[C@@H](COP(=O)(O)OC[C@@H](N)C(=O)O)OC(=O)CCCCCCCCCC. The lowest BCUT2D eigenvalue weighted by atomic mass is 10.1. The lowest BCUT2D eigenvalue weighted by molar-refractivity contribution is -0.161. The average Bonchev–Trinajstić information content (AvgIpc) is 3.04. The van der Waals surface area contributed by atoms with Crippen LogP contribution < -0.4 is 5.73 Å². The van der Waals surface area contributed by atoms with Gasteiger partial charge in [0.1, 0.15) is 12.6 Å². The van der Waals surface area contributed by atoms with Gasteiger partial charge in [-0.15, -0.1) is 0 Å². The number of carboxylic acids is 1. The number of allylic oxidation sites excluding steroid dienone is 2. The van der Waals surface area contributed by atoms with Gasteiger partial charge in [-0.1, -0.05) is 122 Å². The van der Waals surface area contributed by atoms with Crippen LogP contribution in [0.25, 0.3) is 0 Å². The predicted molar refractivity (Wildman–Crippen MR) is 185 cm³/mol. The molecule has 4 N–H and O–H groups in total. The molecule has 0 saturated carbocycles. The number of carbonyl (C=O) groups excluding carboxylic acids is 2. The maximum Gasteiger partial charge on any atom is 0.472 e. The maximum absolute atomic E-state index is 12.4. The van der Waals surface area contributed by atoms with Gasteiger partial charge in [0, 0.05) is 12.8 Å². The summed E-state index contributed by atoms with van der Waals surface area (Å²) in [5.41, 5.74) is 5.30. The van der Waals surface area contributed by atoms with Crippen molar-refractivity contribution < 1.29 is 47.5 Å². The molecule has 3 atom stereocenters. The van der Waals surface area contributed by atoms with Crippen LogP contribution in [0.5, 0.6) is 0 Å². The van der Waals surface area contributed by atoms with Gasteiger partial charge in [-0.25, -0.2) is 4.57 Å². The maximum atomic E-state index is 12.4. The Morgan fingerprint density at radius 1 is 0.638 bits per heavy atom. The number of carbonyl (C=O) groups is 3. The molecule has 12 heteroatoms. The number of carboxylic acid groups (broad SMARTS) is 1. The zero-order chi connectivity index (χ0) is 35.0. The van der Waals surface area contributed by atoms with E-state index in [1.165, 1.54) is 77.0 Å². The van der Waals surface area contributed by atoms with Crippen molar-refractivity contribution in [2.24, 2.45) is 5.73 Å². The van der Waals surface area contributed by atoms with Gasteiger partial charge >= 0.3 is 25.7 Å². The number of esters is 2. The Morgan fingerprint density at radius 2 is 1.06 bits per heavy atom. The summed E-state index contributed by atoms with van der Waals surface area (Å²) in [6.45, 7) is 2.72. The van der Waals surface area contributed by atoms with Gasteiger partial charge in [0.15, 0.2) is 6.10 Å². The quantitative estimate of drug-likeness (QED) is 0.0255. The molecule has 0 aliphatic heterocycles. The van der Waals surface area contributed by atoms with Crippen LogP contribution in [-0.2, 0) is 37.5 Å².